The van der Waals surface area contributed by atoms with Crippen molar-refractivity contribution in [1.82, 2.24) is 34.4 Å². The maximum Gasteiger partial charge on any atom is 0.435 e. The molecule has 0 radical (unpaired) electrons. The molecule has 1 saturated heterocycles. The molecule has 1 aromatic carbocycles. The molecule has 4 aromatic rings. The first-order valence-electron chi connectivity index (χ1n) is 13.7. The van der Waals surface area contributed by atoms with Crippen LogP contribution in [0, 0.1) is 11.3 Å². The fraction of sp³-hybridized carbons (Fsp3) is 0.379. The monoisotopic (exact) mass is 627 g/mol. The highest BCUT2D eigenvalue weighted by atomic mass is 19.4. The number of amides is 2. The number of nitrogens with one attached hydrogen (secondary N) is 2. The zero-order valence-corrected chi connectivity index (χ0v) is 23.9. The molecule has 1 fully saturated rings. The molecule has 240 valence electrons. The first kappa shape index (κ1) is 34.5. The van der Waals surface area contributed by atoms with E-state index >= 15 is 0 Å². The lowest BCUT2D eigenvalue weighted by Gasteiger charge is -2.16. The van der Waals surface area contributed by atoms with E-state index in [4.69, 9.17) is 15.8 Å². The van der Waals surface area contributed by atoms with Crippen LogP contribution in [0.1, 0.15) is 42.4 Å². The van der Waals surface area contributed by atoms with Crippen LogP contribution in [0.2, 0.25) is 0 Å². The lowest BCUT2D eigenvalue weighted by atomic mass is 10.0. The van der Waals surface area contributed by atoms with Gasteiger partial charge in [0, 0.05) is 55.5 Å². The molecule has 4 heterocycles. The second-order valence-corrected chi connectivity index (χ2v) is 9.95. The van der Waals surface area contributed by atoms with Crippen molar-refractivity contribution in [3.63, 3.8) is 0 Å². The Morgan fingerprint density at radius 1 is 1.29 bits per heavy atom. The van der Waals surface area contributed by atoms with E-state index in [0.29, 0.717) is 35.7 Å². The number of alkyl halides is 3. The van der Waals surface area contributed by atoms with E-state index in [2.05, 4.69) is 36.3 Å². The summed E-state index contributed by atoms with van der Waals surface area (Å²) in [4.78, 5) is 32.4. The number of nitrogens with two attached hydrogens (primary N) is 2. The molecule has 1 atom stereocenters. The van der Waals surface area contributed by atoms with Crippen molar-refractivity contribution in [3.8, 4) is 17.3 Å². The predicted octanol–water partition coefficient (Wildman–Crippen LogP) is 2.94. The average Bonchev–Trinajstić information content (AvgIpc) is 3.72. The lowest BCUT2D eigenvalue weighted by Crippen LogP contribution is -2.35. The molecule has 2 amide bonds. The normalized spacial score (nSPS) is 14.6. The summed E-state index contributed by atoms with van der Waals surface area (Å²) in [6.45, 7) is 4.66. The topological polar surface area (TPSA) is 185 Å². The summed E-state index contributed by atoms with van der Waals surface area (Å²) in [6.07, 6.45) is 2.55. The number of likely N-dealkylation sites (tertiary alicyclic amines) is 1. The van der Waals surface area contributed by atoms with E-state index in [-0.39, 0.29) is 43.6 Å². The van der Waals surface area contributed by atoms with Crippen LogP contribution in [-0.4, -0.2) is 73.6 Å². The quantitative estimate of drug-likeness (QED) is 0.203. The SMILES string of the molecule is C.CCc1cc(Nc2nccn3c(-c4cn(CC#N)nc4C(F)(F)F)cnc23)ccc1C(=O)NCCN1CCC(N)C1.NC=O. The zero-order chi connectivity index (χ0) is 31.9. The van der Waals surface area contributed by atoms with Gasteiger partial charge in [0.2, 0.25) is 6.41 Å². The number of hydrogen-bond donors (Lipinski definition) is 4. The number of benzene rings is 1. The zero-order valence-electron chi connectivity index (χ0n) is 23.9. The van der Waals surface area contributed by atoms with Gasteiger partial charge >= 0.3 is 6.18 Å². The number of nitriles is 1. The summed E-state index contributed by atoms with van der Waals surface area (Å²) in [5, 5.41) is 18.6. The standard InChI is InChI=1S/C27H29F3N10O.CH3NO.CH4/c1-2-17-13-19(3-4-20(17)26(41)34-7-11-38-9-5-18(32)15-38)36-24-25-35-14-22(40(25)12-8-33-24)21-16-39(10-6-31)37-23(21)27(28,29)30;2-1-3;/h3-4,8,12-14,16,18H,2,5,7,9-11,15,32H2,1H3,(H,33,36)(H,34,41);1H,(H2,2,3);1H4. The Morgan fingerprint density at radius 3 is 2.69 bits per heavy atom. The highest BCUT2D eigenvalue weighted by Gasteiger charge is 2.38. The molecule has 0 bridgehead atoms. The smallest absolute Gasteiger partial charge is 0.372 e. The minimum atomic E-state index is -4.72. The van der Waals surface area contributed by atoms with Crippen molar-refractivity contribution in [2.75, 3.05) is 31.5 Å². The van der Waals surface area contributed by atoms with Gasteiger partial charge in [-0.1, -0.05) is 14.4 Å². The number of carbonyl (C=O) groups is 2. The number of aryl methyl sites for hydroxylation is 1. The Labute approximate surface area is 258 Å². The van der Waals surface area contributed by atoms with E-state index in [9.17, 15) is 18.0 Å². The van der Waals surface area contributed by atoms with Crippen molar-refractivity contribution < 1.29 is 22.8 Å². The van der Waals surface area contributed by atoms with E-state index in [1.807, 2.05) is 13.0 Å². The van der Waals surface area contributed by atoms with Crippen LogP contribution >= 0.6 is 0 Å². The summed E-state index contributed by atoms with van der Waals surface area (Å²) in [6, 6.07) is 7.31. The van der Waals surface area contributed by atoms with Gasteiger partial charge in [-0.3, -0.25) is 23.6 Å². The molecule has 1 aliphatic rings. The Balaban J connectivity index is 0.00000133. The number of primary amides is 1. The average molecular weight is 628 g/mol. The van der Waals surface area contributed by atoms with Crippen molar-refractivity contribution in [3.05, 3.63) is 59.8 Å². The second kappa shape index (κ2) is 15.1. The first-order chi connectivity index (χ1) is 21.1. The van der Waals surface area contributed by atoms with E-state index in [1.54, 1.807) is 18.2 Å². The first-order valence-corrected chi connectivity index (χ1v) is 13.7. The minimum absolute atomic E-state index is 0. The molecule has 13 nitrogen and oxygen atoms in total. The number of nitrogens with zero attached hydrogens (tertiary/aromatic N) is 7. The van der Waals surface area contributed by atoms with E-state index < -0.39 is 11.9 Å². The Morgan fingerprint density at radius 2 is 2.04 bits per heavy atom. The van der Waals surface area contributed by atoms with Gasteiger partial charge in [0.05, 0.1) is 23.5 Å². The van der Waals surface area contributed by atoms with Gasteiger partial charge in [-0.15, -0.1) is 0 Å². The molecule has 5 rings (SSSR count). The van der Waals surface area contributed by atoms with Gasteiger partial charge in [0.15, 0.2) is 17.2 Å². The largest absolute Gasteiger partial charge is 0.435 e. The highest BCUT2D eigenvalue weighted by Crippen LogP contribution is 2.37. The molecule has 1 aliphatic heterocycles. The van der Waals surface area contributed by atoms with Gasteiger partial charge in [-0.25, -0.2) is 9.97 Å². The Kier molecular flexibility index (Phi) is 11.6. The maximum absolute atomic E-state index is 13.7. The summed E-state index contributed by atoms with van der Waals surface area (Å²) >= 11 is 0. The summed E-state index contributed by atoms with van der Waals surface area (Å²) in [7, 11) is 0. The number of rotatable bonds is 9. The predicted molar refractivity (Wildman–Crippen MR) is 162 cm³/mol. The molecular weight excluding hydrogens is 591 g/mol. The molecule has 0 aliphatic carbocycles. The molecule has 0 spiro atoms. The molecule has 45 heavy (non-hydrogen) atoms. The number of hydrogen-bond acceptors (Lipinski definition) is 9. The van der Waals surface area contributed by atoms with Crippen LogP contribution in [0.25, 0.3) is 16.9 Å². The summed E-state index contributed by atoms with van der Waals surface area (Å²) in [5.41, 5.74) is 11.3. The van der Waals surface area contributed by atoms with Gasteiger partial charge in [0.1, 0.15) is 6.54 Å². The van der Waals surface area contributed by atoms with E-state index in [0.717, 1.165) is 36.3 Å². The van der Waals surface area contributed by atoms with Crippen molar-refractivity contribution in [2.45, 2.75) is 46.0 Å². The van der Waals surface area contributed by atoms with Crippen molar-refractivity contribution >= 4 is 29.5 Å². The van der Waals surface area contributed by atoms with Crippen LogP contribution in [-0.2, 0) is 23.9 Å². The summed E-state index contributed by atoms with van der Waals surface area (Å²) in [5.74, 6) is 0.159. The number of halogens is 3. The number of aromatic nitrogens is 5. The number of carbonyl (C=O) groups excluding carboxylic acids is 2. The van der Waals surface area contributed by atoms with E-state index in [1.165, 1.54) is 29.2 Å². The molecule has 0 saturated carbocycles. The van der Waals surface area contributed by atoms with Crippen molar-refractivity contribution in [2.24, 2.45) is 11.5 Å². The third kappa shape index (κ3) is 8.13. The number of fused-ring (bicyclic) bond motifs is 1. The molecule has 6 N–H and O–H groups in total. The van der Waals surface area contributed by atoms with Gasteiger partial charge in [0.25, 0.3) is 5.91 Å². The highest BCUT2D eigenvalue weighted by molar-refractivity contribution is 5.96. The van der Waals surface area contributed by atoms with Gasteiger partial charge in [-0.2, -0.15) is 23.5 Å². The number of anilines is 2. The van der Waals surface area contributed by atoms with Crippen LogP contribution in [0.15, 0.2) is 43.0 Å². The third-order valence-electron chi connectivity index (χ3n) is 6.98. The minimum Gasteiger partial charge on any atom is -0.372 e. The Hall–Kier alpha value is -5.01. The van der Waals surface area contributed by atoms with Gasteiger partial charge < -0.3 is 22.1 Å². The van der Waals surface area contributed by atoms with Gasteiger partial charge in [-0.05, 0) is 43.1 Å². The molecule has 3 aromatic heterocycles. The fourth-order valence-corrected chi connectivity index (χ4v) is 4.99. The Bertz CT molecular complexity index is 1660. The fourth-order valence-electron chi connectivity index (χ4n) is 4.99. The van der Waals surface area contributed by atoms with Crippen molar-refractivity contribution in [1.29, 1.82) is 5.26 Å². The van der Waals surface area contributed by atoms with Crippen LogP contribution in [0.3, 0.4) is 0 Å². The van der Waals surface area contributed by atoms with Crippen LogP contribution in [0.5, 0.6) is 0 Å². The van der Waals surface area contributed by atoms with Crippen LogP contribution < -0.4 is 22.1 Å². The number of imidazole rings is 1. The maximum atomic E-state index is 13.7. The molecule has 16 heteroatoms. The third-order valence-corrected chi connectivity index (χ3v) is 6.98. The lowest BCUT2D eigenvalue weighted by molar-refractivity contribution is -0.141. The second-order valence-electron chi connectivity index (χ2n) is 9.95. The molecular formula is C29H36F3N11O2. The molecule has 1 unspecified atom stereocenters. The summed E-state index contributed by atoms with van der Waals surface area (Å²) < 4.78 is 43.6. The van der Waals surface area contributed by atoms with Crippen LogP contribution in [0.4, 0.5) is 24.7 Å².